The van der Waals surface area contributed by atoms with Crippen LogP contribution in [0, 0.1) is 11.3 Å². The molecule has 0 amide bonds. The van der Waals surface area contributed by atoms with Crippen LogP contribution in [0.15, 0.2) is 35.6 Å². The number of hydrogen-bond donors (Lipinski definition) is 2. The highest BCUT2D eigenvalue weighted by Crippen LogP contribution is 2.23. The van der Waals surface area contributed by atoms with E-state index in [1.807, 2.05) is 30.5 Å². The highest BCUT2D eigenvalue weighted by atomic mass is 32.2. The van der Waals surface area contributed by atoms with Gasteiger partial charge in [-0.1, -0.05) is 23.9 Å². The van der Waals surface area contributed by atoms with Gasteiger partial charge < -0.3 is 11.1 Å². The molecular weight excluding hydrogens is 258 g/mol. The monoisotopic (exact) mass is 271 g/mol. The second-order valence-electron chi connectivity index (χ2n) is 3.82. The Bertz CT molecular complexity index is 621. The van der Waals surface area contributed by atoms with Crippen molar-refractivity contribution in [2.24, 2.45) is 0 Å². The Hall–Kier alpha value is -2.26. The lowest BCUT2D eigenvalue weighted by Crippen LogP contribution is -2.01. The van der Waals surface area contributed by atoms with Crippen LogP contribution in [-0.4, -0.2) is 16.2 Å². The van der Waals surface area contributed by atoms with E-state index < -0.39 is 0 Å². The SMILES string of the molecule is CSc1ncc(N)c(Nc2cccc(CC#N)c2)n1. The van der Waals surface area contributed by atoms with E-state index in [0.717, 1.165) is 11.3 Å². The molecule has 0 radical (unpaired) electrons. The topological polar surface area (TPSA) is 87.6 Å². The molecule has 2 aromatic rings. The molecule has 0 aliphatic rings. The van der Waals surface area contributed by atoms with Crippen molar-refractivity contribution >= 4 is 29.0 Å². The number of aromatic nitrogens is 2. The molecule has 0 atom stereocenters. The molecule has 0 unspecified atom stereocenters. The van der Waals surface area contributed by atoms with Crippen LogP contribution >= 0.6 is 11.8 Å². The Morgan fingerprint density at radius 3 is 3.05 bits per heavy atom. The average Bonchev–Trinajstić information content (AvgIpc) is 2.42. The molecule has 0 saturated carbocycles. The van der Waals surface area contributed by atoms with Gasteiger partial charge in [0.1, 0.15) is 0 Å². The number of nitrogens with one attached hydrogen (secondary N) is 1. The van der Waals surface area contributed by atoms with Gasteiger partial charge >= 0.3 is 0 Å². The van der Waals surface area contributed by atoms with Crippen molar-refractivity contribution in [1.82, 2.24) is 9.97 Å². The van der Waals surface area contributed by atoms with Gasteiger partial charge in [-0.25, -0.2) is 9.97 Å². The molecule has 0 aliphatic heterocycles. The third-order valence-electron chi connectivity index (χ3n) is 2.45. The van der Waals surface area contributed by atoms with Gasteiger partial charge in [0.05, 0.1) is 24.4 Å². The van der Waals surface area contributed by atoms with E-state index in [-0.39, 0.29) is 0 Å². The molecule has 3 N–H and O–H groups in total. The van der Waals surface area contributed by atoms with E-state index in [0.29, 0.717) is 23.1 Å². The summed E-state index contributed by atoms with van der Waals surface area (Å²) in [6.45, 7) is 0. The molecule has 0 bridgehead atoms. The number of benzene rings is 1. The third kappa shape index (κ3) is 3.36. The van der Waals surface area contributed by atoms with Gasteiger partial charge in [0.25, 0.3) is 0 Å². The standard InChI is InChI=1S/C13H13N5S/c1-19-13-16-8-11(15)12(18-13)17-10-4-2-3-9(7-10)5-6-14/h2-4,7-8H,5,15H2,1H3,(H,16,17,18). The van der Waals surface area contributed by atoms with Crippen LogP contribution in [0.4, 0.5) is 17.2 Å². The predicted octanol–water partition coefficient (Wildman–Crippen LogP) is 2.59. The van der Waals surface area contributed by atoms with Crippen molar-refractivity contribution < 1.29 is 0 Å². The zero-order valence-corrected chi connectivity index (χ0v) is 11.2. The van der Waals surface area contributed by atoms with Crippen molar-refractivity contribution in [1.29, 1.82) is 5.26 Å². The second kappa shape index (κ2) is 6.07. The van der Waals surface area contributed by atoms with Crippen LogP contribution in [0.1, 0.15) is 5.56 Å². The minimum absolute atomic E-state index is 0.380. The number of anilines is 3. The Labute approximate surface area is 115 Å². The normalized spacial score (nSPS) is 9.89. The first kappa shape index (κ1) is 13.2. The van der Waals surface area contributed by atoms with Crippen LogP contribution in [0.3, 0.4) is 0 Å². The fourth-order valence-electron chi connectivity index (χ4n) is 1.56. The molecular formula is C13H13N5S. The van der Waals surface area contributed by atoms with Gasteiger partial charge in [0.2, 0.25) is 0 Å². The molecule has 19 heavy (non-hydrogen) atoms. The number of nitrogens with zero attached hydrogens (tertiary/aromatic N) is 3. The van der Waals surface area contributed by atoms with Crippen LogP contribution in [0.5, 0.6) is 0 Å². The minimum Gasteiger partial charge on any atom is -0.394 e. The number of hydrogen-bond acceptors (Lipinski definition) is 6. The lowest BCUT2D eigenvalue weighted by molar-refractivity contribution is 0.979. The molecule has 6 heteroatoms. The maximum atomic E-state index is 8.70. The summed E-state index contributed by atoms with van der Waals surface area (Å²) in [6.07, 6.45) is 3.87. The van der Waals surface area contributed by atoms with Gasteiger partial charge in [-0.2, -0.15) is 5.26 Å². The summed E-state index contributed by atoms with van der Waals surface area (Å²) in [6, 6.07) is 9.73. The summed E-state index contributed by atoms with van der Waals surface area (Å²) < 4.78 is 0. The summed E-state index contributed by atoms with van der Waals surface area (Å²) >= 11 is 1.45. The van der Waals surface area contributed by atoms with Gasteiger partial charge in [-0.15, -0.1) is 0 Å². The molecule has 1 heterocycles. The largest absolute Gasteiger partial charge is 0.394 e. The third-order valence-corrected chi connectivity index (χ3v) is 3.01. The highest BCUT2D eigenvalue weighted by molar-refractivity contribution is 7.98. The first-order valence-electron chi connectivity index (χ1n) is 5.62. The fraction of sp³-hybridized carbons (Fsp3) is 0.154. The molecule has 0 aliphatic carbocycles. The smallest absolute Gasteiger partial charge is 0.189 e. The van der Waals surface area contributed by atoms with Crippen molar-refractivity contribution in [2.75, 3.05) is 17.3 Å². The van der Waals surface area contributed by atoms with E-state index in [2.05, 4.69) is 21.4 Å². The van der Waals surface area contributed by atoms with E-state index in [4.69, 9.17) is 11.0 Å². The van der Waals surface area contributed by atoms with Crippen LogP contribution in [-0.2, 0) is 6.42 Å². The molecule has 5 nitrogen and oxygen atoms in total. The van der Waals surface area contributed by atoms with E-state index in [1.54, 1.807) is 6.20 Å². The van der Waals surface area contributed by atoms with E-state index in [9.17, 15) is 0 Å². The lowest BCUT2D eigenvalue weighted by atomic mass is 10.1. The summed E-state index contributed by atoms with van der Waals surface area (Å²) in [5.41, 5.74) is 8.13. The molecule has 1 aromatic heterocycles. The van der Waals surface area contributed by atoms with Gasteiger partial charge in [-0.05, 0) is 24.0 Å². The van der Waals surface area contributed by atoms with Crippen LogP contribution in [0.25, 0.3) is 0 Å². The first-order valence-corrected chi connectivity index (χ1v) is 6.85. The Morgan fingerprint density at radius 2 is 2.32 bits per heavy atom. The summed E-state index contributed by atoms with van der Waals surface area (Å²) in [5.74, 6) is 0.577. The number of thioether (sulfide) groups is 1. The number of nitrogen functional groups attached to an aromatic ring is 1. The van der Waals surface area contributed by atoms with Crippen LogP contribution in [0.2, 0.25) is 0 Å². The Kier molecular flexibility index (Phi) is 4.21. The minimum atomic E-state index is 0.380. The van der Waals surface area contributed by atoms with Gasteiger partial charge in [0, 0.05) is 5.69 Å². The van der Waals surface area contributed by atoms with E-state index >= 15 is 0 Å². The number of nitriles is 1. The first-order chi connectivity index (χ1) is 9.22. The number of nitrogens with two attached hydrogens (primary N) is 1. The molecule has 0 saturated heterocycles. The van der Waals surface area contributed by atoms with Gasteiger partial charge in [-0.3, -0.25) is 0 Å². The van der Waals surface area contributed by atoms with Crippen molar-refractivity contribution in [3.63, 3.8) is 0 Å². The lowest BCUT2D eigenvalue weighted by Gasteiger charge is -2.09. The zero-order valence-electron chi connectivity index (χ0n) is 10.4. The summed E-state index contributed by atoms with van der Waals surface area (Å²) in [4.78, 5) is 8.40. The summed E-state index contributed by atoms with van der Waals surface area (Å²) in [7, 11) is 0. The molecule has 2 rings (SSSR count). The van der Waals surface area contributed by atoms with Crippen LogP contribution < -0.4 is 11.1 Å². The van der Waals surface area contributed by atoms with Crippen molar-refractivity contribution in [3.05, 3.63) is 36.0 Å². The van der Waals surface area contributed by atoms with Crippen molar-refractivity contribution in [2.45, 2.75) is 11.6 Å². The molecule has 0 spiro atoms. The molecule has 0 fully saturated rings. The number of rotatable bonds is 4. The molecule has 1 aromatic carbocycles. The predicted molar refractivity (Wildman–Crippen MR) is 77.3 cm³/mol. The Morgan fingerprint density at radius 1 is 1.47 bits per heavy atom. The second-order valence-corrected chi connectivity index (χ2v) is 4.59. The highest BCUT2D eigenvalue weighted by Gasteiger charge is 2.05. The van der Waals surface area contributed by atoms with Gasteiger partial charge in [0.15, 0.2) is 11.0 Å². The average molecular weight is 271 g/mol. The maximum Gasteiger partial charge on any atom is 0.189 e. The molecule has 96 valence electrons. The van der Waals surface area contributed by atoms with Crippen molar-refractivity contribution in [3.8, 4) is 6.07 Å². The Balaban J connectivity index is 2.25. The maximum absolute atomic E-state index is 8.70. The zero-order chi connectivity index (χ0) is 13.7. The van der Waals surface area contributed by atoms with E-state index in [1.165, 1.54) is 11.8 Å². The summed E-state index contributed by atoms with van der Waals surface area (Å²) in [5, 5.41) is 12.5. The quantitative estimate of drug-likeness (QED) is 0.656. The fourth-order valence-corrected chi connectivity index (χ4v) is 1.90.